The Morgan fingerprint density at radius 1 is 1.62 bits per heavy atom. The summed E-state index contributed by atoms with van der Waals surface area (Å²) >= 11 is 11.3. The second-order valence-electron chi connectivity index (χ2n) is 1.54. The molecule has 1 fully saturated rings. The Bertz CT molecular complexity index is 142. The van der Waals surface area contributed by atoms with E-state index in [-0.39, 0.29) is 0 Å². The molecule has 1 rings (SSSR count). The summed E-state index contributed by atoms with van der Waals surface area (Å²) in [6, 6.07) is 0. The number of rotatable bonds is 0. The lowest BCUT2D eigenvalue weighted by atomic mass is 10.5. The first-order chi connectivity index (χ1) is 3.70. The summed E-state index contributed by atoms with van der Waals surface area (Å²) in [5, 5.41) is 3.28. The SMILES string of the molecule is CC1SC(=S)NC1=S. The van der Waals surface area contributed by atoms with E-state index in [1.807, 2.05) is 6.92 Å². The maximum absolute atomic E-state index is 4.90. The predicted octanol–water partition coefficient (Wildman–Crippen LogP) is 1.32. The first kappa shape index (κ1) is 6.45. The Morgan fingerprint density at radius 3 is 2.38 bits per heavy atom. The van der Waals surface area contributed by atoms with Gasteiger partial charge in [0, 0.05) is 0 Å². The molecule has 0 aromatic carbocycles. The molecule has 0 aromatic rings. The summed E-state index contributed by atoms with van der Waals surface area (Å²) in [5.41, 5.74) is 0. The number of hydrogen-bond donors (Lipinski definition) is 1. The van der Waals surface area contributed by atoms with Crippen LogP contribution in [0.3, 0.4) is 0 Å². The normalized spacial score (nSPS) is 28.4. The minimum atomic E-state index is 0.387. The predicted molar refractivity (Wildman–Crippen MR) is 45.4 cm³/mol. The average molecular weight is 163 g/mol. The summed E-state index contributed by atoms with van der Waals surface area (Å²) in [5.74, 6) is 0. The molecular weight excluding hydrogens is 158 g/mol. The third kappa shape index (κ3) is 1.18. The molecule has 0 aromatic heterocycles. The molecule has 1 nitrogen and oxygen atoms in total. The molecule has 1 N–H and O–H groups in total. The maximum atomic E-state index is 4.90. The topological polar surface area (TPSA) is 12.0 Å². The van der Waals surface area contributed by atoms with Gasteiger partial charge in [-0.15, -0.1) is 0 Å². The lowest BCUT2D eigenvalue weighted by molar-refractivity contribution is 1.30. The van der Waals surface area contributed by atoms with Gasteiger partial charge in [-0.2, -0.15) is 0 Å². The van der Waals surface area contributed by atoms with Crippen LogP contribution in [0.2, 0.25) is 0 Å². The molecule has 1 heterocycles. The van der Waals surface area contributed by atoms with Crippen LogP contribution in [0.5, 0.6) is 0 Å². The van der Waals surface area contributed by atoms with Gasteiger partial charge in [-0.05, 0) is 6.92 Å². The van der Waals surface area contributed by atoms with Crippen LogP contribution in [0.4, 0.5) is 0 Å². The molecular formula is C4H5NS3. The molecule has 0 spiro atoms. The van der Waals surface area contributed by atoms with Gasteiger partial charge in [0.25, 0.3) is 0 Å². The monoisotopic (exact) mass is 163 g/mol. The van der Waals surface area contributed by atoms with Crippen molar-refractivity contribution in [2.75, 3.05) is 0 Å². The van der Waals surface area contributed by atoms with Crippen molar-refractivity contribution in [2.45, 2.75) is 12.2 Å². The fourth-order valence-corrected chi connectivity index (χ4v) is 2.02. The van der Waals surface area contributed by atoms with Crippen LogP contribution >= 0.6 is 36.2 Å². The summed E-state index contributed by atoms with van der Waals surface area (Å²) in [6.45, 7) is 2.04. The van der Waals surface area contributed by atoms with E-state index in [0.29, 0.717) is 5.25 Å². The van der Waals surface area contributed by atoms with Crippen molar-refractivity contribution in [2.24, 2.45) is 0 Å². The van der Waals surface area contributed by atoms with E-state index in [9.17, 15) is 0 Å². The Labute approximate surface area is 63.2 Å². The zero-order chi connectivity index (χ0) is 6.15. The van der Waals surface area contributed by atoms with Crippen molar-refractivity contribution < 1.29 is 0 Å². The van der Waals surface area contributed by atoms with E-state index in [4.69, 9.17) is 24.4 Å². The van der Waals surface area contributed by atoms with Crippen molar-refractivity contribution in [3.05, 3.63) is 0 Å². The van der Waals surface area contributed by atoms with Crippen molar-refractivity contribution >= 4 is 45.5 Å². The van der Waals surface area contributed by atoms with Crippen molar-refractivity contribution in [3.63, 3.8) is 0 Å². The highest BCUT2D eigenvalue weighted by atomic mass is 32.2. The smallest absolute Gasteiger partial charge is 0.139 e. The molecule has 44 valence electrons. The molecule has 1 unspecified atom stereocenters. The number of thioether (sulfide) groups is 1. The molecule has 1 atom stereocenters. The quantitative estimate of drug-likeness (QED) is 0.540. The largest absolute Gasteiger partial charge is 0.335 e. The standard InChI is InChI=1S/C4H5NS3/c1-2-3(6)5-4(7)8-2/h2H,1H3,(H,5,6,7). The van der Waals surface area contributed by atoms with Crippen LogP contribution in [0.25, 0.3) is 0 Å². The third-order valence-corrected chi connectivity index (χ3v) is 2.78. The first-order valence-electron chi connectivity index (χ1n) is 2.21. The van der Waals surface area contributed by atoms with Crippen LogP contribution in [-0.4, -0.2) is 14.6 Å². The van der Waals surface area contributed by atoms with Gasteiger partial charge < -0.3 is 5.32 Å². The minimum Gasteiger partial charge on any atom is -0.335 e. The number of thiocarbonyl (C=S) groups is 2. The van der Waals surface area contributed by atoms with E-state index < -0.39 is 0 Å². The fraction of sp³-hybridized carbons (Fsp3) is 0.500. The number of nitrogens with one attached hydrogen (secondary N) is 1. The highest BCUT2D eigenvalue weighted by Crippen LogP contribution is 2.18. The van der Waals surface area contributed by atoms with Crippen LogP contribution in [-0.2, 0) is 0 Å². The van der Waals surface area contributed by atoms with Crippen LogP contribution in [0.1, 0.15) is 6.92 Å². The second-order valence-corrected chi connectivity index (χ2v) is 3.99. The van der Waals surface area contributed by atoms with Gasteiger partial charge in [-0.25, -0.2) is 0 Å². The van der Waals surface area contributed by atoms with Crippen molar-refractivity contribution in [1.82, 2.24) is 5.32 Å². The lowest BCUT2D eigenvalue weighted by Crippen LogP contribution is -2.19. The third-order valence-electron chi connectivity index (χ3n) is 0.878. The fourth-order valence-electron chi connectivity index (χ4n) is 0.446. The molecule has 0 amide bonds. The average Bonchev–Trinajstić information content (AvgIpc) is 1.85. The molecule has 0 radical (unpaired) electrons. The van der Waals surface area contributed by atoms with E-state index in [1.165, 1.54) is 0 Å². The summed E-state index contributed by atoms with van der Waals surface area (Å²) in [7, 11) is 0. The highest BCUT2D eigenvalue weighted by molar-refractivity contribution is 8.25. The van der Waals surface area contributed by atoms with E-state index in [0.717, 1.165) is 9.31 Å². The van der Waals surface area contributed by atoms with Crippen LogP contribution in [0.15, 0.2) is 0 Å². The van der Waals surface area contributed by atoms with Gasteiger partial charge in [0.05, 0.1) is 10.2 Å². The van der Waals surface area contributed by atoms with Gasteiger partial charge in [-0.1, -0.05) is 36.2 Å². The minimum absolute atomic E-state index is 0.387. The summed E-state index contributed by atoms with van der Waals surface area (Å²) in [6.07, 6.45) is 0. The van der Waals surface area contributed by atoms with Crippen LogP contribution in [0, 0.1) is 0 Å². The zero-order valence-electron chi connectivity index (χ0n) is 4.30. The lowest BCUT2D eigenvalue weighted by Gasteiger charge is -1.92. The van der Waals surface area contributed by atoms with Crippen LogP contribution < -0.4 is 5.32 Å². The summed E-state index contributed by atoms with van der Waals surface area (Å²) in [4.78, 5) is 0.861. The summed E-state index contributed by atoms with van der Waals surface area (Å²) < 4.78 is 0.808. The van der Waals surface area contributed by atoms with E-state index in [2.05, 4.69) is 5.32 Å². The van der Waals surface area contributed by atoms with Gasteiger partial charge in [0.15, 0.2) is 0 Å². The Hall–Kier alpha value is 0.330. The molecule has 0 aliphatic carbocycles. The Morgan fingerprint density at radius 2 is 2.25 bits per heavy atom. The Kier molecular flexibility index (Phi) is 1.84. The Balaban J connectivity index is 2.64. The molecule has 1 aliphatic rings. The van der Waals surface area contributed by atoms with Gasteiger partial charge in [0.1, 0.15) is 4.32 Å². The second kappa shape index (κ2) is 2.29. The van der Waals surface area contributed by atoms with E-state index in [1.54, 1.807) is 11.8 Å². The molecule has 8 heavy (non-hydrogen) atoms. The van der Waals surface area contributed by atoms with Gasteiger partial charge >= 0.3 is 0 Å². The molecule has 0 bridgehead atoms. The first-order valence-corrected chi connectivity index (χ1v) is 3.91. The van der Waals surface area contributed by atoms with Crippen molar-refractivity contribution in [1.29, 1.82) is 0 Å². The molecule has 1 saturated heterocycles. The maximum Gasteiger partial charge on any atom is 0.139 e. The van der Waals surface area contributed by atoms with Crippen molar-refractivity contribution in [3.8, 4) is 0 Å². The molecule has 4 heteroatoms. The number of hydrogen-bond acceptors (Lipinski definition) is 3. The van der Waals surface area contributed by atoms with E-state index >= 15 is 0 Å². The zero-order valence-corrected chi connectivity index (χ0v) is 6.75. The van der Waals surface area contributed by atoms with Gasteiger partial charge in [-0.3, -0.25) is 0 Å². The highest BCUT2D eigenvalue weighted by Gasteiger charge is 2.19. The van der Waals surface area contributed by atoms with Gasteiger partial charge in [0.2, 0.25) is 0 Å². The molecule has 1 aliphatic heterocycles. The molecule has 0 saturated carbocycles.